The van der Waals surface area contributed by atoms with Crippen molar-refractivity contribution in [2.24, 2.45) is 5.16 Å². The Morgan fingerprint density at radius 1 is 1.27 bits per heavy atom. The first-order chi connectivity index (χ1) is 10.7. The molecule has 22 heavy (non-hydrogen) atoms. The predicted octanol–water partition coefficient (Wildman–Crippen LogP) is 3.58. The van der Waals surface area contributed by atoms with Gasteiger partial charge in [0.05, 0.1) is 25.0 Å². The number of hydrogen-bond acceptors (Lipinski definition) is 5. The van der Waals surface area contributed by atoms with E-state index in [2.05, 4.69) is 16.9 Å². The Bertz CT molecular complexity index is 605. The van der Waals surface area contributed by atoms with E-state index in [1.165, 1.54) is 0 Å². The lowest BCUT2D eigenvalue weighted by Crippen LogP contribution is -2.02. The van der Waals surface area contributed by atoms with Crippen LogP contribution < -0.4 is 9.47 Å². The molecule has 0 aliphatic carbocycles. The van der Waals surface area contributed by atoms with E-state index < -0.39 is 5.97 Å². The maximum absolute atomic E-state index is 11.6. The Hall–Kier alpha value is -2.30. The van der Waals surface area contributed by atoms with Crippen molar-refractivity contribution >= 4 is 17.8 Å². The molecule has 0 spiro atoms. The Morgan fingerprint density at radius 2 is 2.09 bits per heavy atom. The van der Waals surface area contributed by atoms with E-state index in [9.17, 15) is 4.79 Å². The molecule has 0 bridgehead atoms. The molecule has 0 fully saturated rings. The fraction of sp³-hybridized carbons (Fsp3) is 0.412. The molecule has 0 atom stereocenters. The van der Waals surface area contributed by atoms with Crippen molar-refractivity contribution in [3.63, 3.8) is 0 Å². The summed E-state index contributed by atoms with van der Waals surface area (Å²) in [6, 6.07) is 5.55. The molecule has 0 aromatic heterocycles. The van der Waals surface area contributed by atoms with Crippen LogP contribution in [-0.4, -0.2) is 25.4 Å². The monoisotopic (exact) mass is 303 g/mol. The highest BCUT2D eigenvalue weighted by Gasteiger charge is 2.21. The number of ether oxygens (including phenoxy) is 2. The quantitative estimate of drug-likeness (QED) is 0.439. The fourth-order valence-electron chi connectivity index (χ4n) is 2.12. The average molecular weight is 303 g/mol. The van der Waals surface area contributed by atoms with Gasteiger partial charge in [-0.25, -0.2) is 4.79 Å². The van der Waals surface area contributed by atoms with Crippen molar-refractivity contribution in [2.45, 2.75) is 33.1 Å². The van der Waals surface area contributed by atoms with Crippen molar-refractivity contribution in [1.82, 2.24) is 0 Å². The second kappa shape index (κ2) is 7.64. The highest BCUT2D eigenvalue weighted by molar-refractivity contribution is 6.24. The maximum Gasteiger partial charge on any atom is 0.367 e. The van der Waals surface area contributed by atoms with Gasteiger partial charge in [0, 0.05) is 0 Å². The molecule has 5 heteroatoms. The third kappa shape index (κ3) is 3.87. The Balaban J connectivity index is 2.18. The smallest absolute Gasteiger partial charge is 0.367 e. The largest absolute Gasteiger partial charge is 0.493 e. The van der Waals surface area contributed by atoms with Gasteiger partial charge in [-0.1, -0.05) is 31.0 Å². The summed E-state index contributed by atoms with van der Waals surface area (Å²) in [5.74, 6) is 0.922. The molecule has 1 aromatic rings. The molecule has 118 valence electrons. The minimum absolute atomic E-state index is 0.432. The molecular weight excluding hydrogens is 282 g/mol. The summed E-state index contributed by atoms with van der Waals surface area (Å²) >= 11 is 0. The molecule has 0 N–H and O–H groups in total. The molecule has 0 amide bonds. The van der Waals surface area contributed by atoms with Crippen LogP contribution >= 0.6 is 0 Å². The first kappa shape index (κ1) is 16.1. The molecule has 1 heterocycles. The molecule has 1 aromatic carbocycles. The lowest BCUT2D eigenvalue weighted by molar-refractivity contribution is -0.136. The third-order valence-corrected chi connectivity index (χ3v) is 3.38. The van der Waals surface area contributed by atoms with E-state index in [-0.39, 0.29) is 0 Å². The van der Waals surface area contributed by atoms with Gasteiger partial charge in [0.15, 0.2) is 11.5 Å². The van der Waals surface area contributed by atoms with Crippen LogP contribution in [0.15, 0.2) is 28.9 Å². The maximum atomic E-state index is 11.6. The van der Waals surface area contributed by atoms with Crippen molar-refractivity contribution in [3.05, 3.63) is 29.3 Å². The lowest BCUT2D eigenvalue weighted by atomic mass is 10.1. The second-order valence-corrected chi connectivity index (χ2v) is 5.08. The average Bonchev–Trinajstić information content (AvgIpc) is 2.84. The predicted molar refractivity (Wildman–Crippen MR) is 85.2 cm³/mol. The highest BCUT2D eigenvalue weighted by Crippen LogP contribution is 2.29. The summed E-state index contributed by atoms with van der Waals surface area (Å²) < 4.78 is 11.1. The van der Waals surface area contributed by atoms with Crippen LogP contribution in [0, 0.1) is 0 Å². The summed E-state index contributed by atoms with van der Waals surface area (Å²) in [5.41, 5.74) is 1.88. The van der Waals surface area contributed by atoms with E-state index in [4.69, 9.17) is 9.47 Å². The van der Waals surface area contributed by atoms with Crippen molar-refractivity contribution in [1.29, 1.82) is 0 Å². The minimum Gasteiger partial charge on any atom is -0.493 e. The SMILES string of the molecule is CCCCCOc1cc(/C=C2/C(=O)ON=C2C)ccc1OC. The fourth-order valence-corrected chi connectivity index (χ4v) is 2.12. The van der Waals surface area contributed by atoms with Gasteiger partial charge in [-0.2, -0.15) is 0 Å². The molecule has 0 saturated carbocycles. The van der Waals surface area contributed by atoms with Crippen LogP contribution in [-0.2, 0) is 9.63 Å². The molecule has 0 unspecified atom stereocenters. The summed E-state index contributed by atoms with van der Waals surface area (Å²) in [6.45, 7) is 4.53. The number of methoxy groups -OCH3 is 1. The van der Waals surface area contributed by atoms with Gasteiger partial charge < -0.3 is 14.3 Å². The van der Waals surface area contributed by atoms with E-state index in [1.807, 2.05) is 18.2 Å². The van der Waals surface area contributed by atoms with Gasteiger partial charge in [0.2, 0.25) is 0 Å². The van der Waals surface area contributed by atoms with E-state index in [0.29, 0.717) is 29.4 Å². The van der Waals surface area contributed by atoms with Gasteiger partial charge in [0.1, 0.15) is 0 Å². The first-order valence-corrected chi connectivity index (χ1v) is 7.44. The number of benzene rings is 1. The van der Waals surface area contributed by atoms with Crippen LogP contribution in [0.2, 0.25) is 0 Å². The molecule has 5 nitrogen and oxygen atoms in total. The van der Waals surface area contributed by atoms with Crippen LogP contribution in [0.5, 0.6) is 11.5 Å². The summed E-state index contributed by atoms with van der Waals surface area (Å²) in [7, 11) is 1.61. The molecule has 1 aliphatic heterocycles. The normalized spacial score (nSPS) is 15.7. The minimum atomic E-state index is -0.432. The van der Waals surface area contributed by atoms with Crippen LogP contribution in [0.4, 0.5) is 0 Å². The number of hydrogen-bond donors (Lipinski definition) is 0. The molecule has 1 aliphatic rings. The summed E-state index contributed by atoms with van der Waals surface area (Å²) in [5, 5.41) is 3.66. The standard InChI is InChI=1S/C17H21NO4/c1-4-5-6-9-21-16-11-13(7-8-15(16)20-3)10-14-12(2)18-22-17(14)19/h7-8,10-11H,4-6,9H2,1-3H3/b14-10+. The number of carbonyl (C=O) groups excluding carboxylic acids is 1. The molecule has 0 radical (unpaired) electrons. The van der Waals surface area contributed by atoms with E-state index >= 15 is 0 Å². The van der Waals surface area contributed by atoms with Crippen LogP contribution in [0.25, 0.3) is 6.08 Å². The van der Waals surface area contributed by atoms with Gasteiger partial charge in [-0.05, 0) is 37.1 Å². The van der Waals surface area contributed by atoms with Crippen LogP contribution in [0.1, 0.15) is 38.7 Å². The third-order valence-electron chi connectivity index (χ3n) is 3.38. The number of nitrogens with zero attached hydrogens (tertiary/aromatic N) is 1. The Morgan fingerprint density at radius 3 is 2.73 bits per heavy atom. The van der Waals surface area contributed by atoms with Gasteiger partial charge in [-0.3, -0.25) is 0 Å². The second-order valence-electron chi connectivity index (χ2n) is 5.08. The highest BCUT2D eigenvalue weighted by atomic mass is 16.7. The number of oxime groups is 1. The molecule has 0 saturated heterocycles. The van der Waals surface area contributed by atoms with Crippen molar-refractivity contribution in [3.8, 4) is 11.5 Å². The van der Waals surface area contributed by atoms with Gasteiger partial charge >= 0.3 is 5.97 Å². The van der Waals surface area contributed by atoms with Crippen molar-refractivity contribution < 1.29 is 19.1 Å². The lowest BCUT2D eigenvalue weighted by Gasteiger charge is -2.11. The number of carbonyl (C=O) groups is 1. The van der Waals surface area contributed by atoms with E-state index in [0.717, 1.165) is 24.8 Å². The zero-order chi connectivity index (χ0) is 15.9. The number of unbranched alkanes of at least 4 members (excludes halogenated alkanes) is 2. The van der Waals surface area contributed by atoms with Gasteiger partial charge in [-0.15, -0.1) is 0 Å². The molecular formula is C17H21NO4. The van der Waals surface area contributed by atoms with Crippen molar-refractivity contribution in [2.75, 3.05) is 13.7 Å². The summed E-state index contributed by atoms with van der Waals surface area (Å²) in [4.78, 5) is 16.2. The Labute approximate surface area is 130 Å². The number of rotatable bonds is 7. The zero-order valence-electron chi connectivity index (χ0n) is 13.2. The van der Waals surface area contributed by atoms with Gasteiger partial charge in [0.25, 0.3) is 0 Å². The first-order valence-electron chi connectivity index (χ1n) is 7.44. The summed E-state index contributed by atoms with van der Waals surface area (Å²) in [6.07, 6.45) is 5.02. The van der Waals surface area contributed by atoms with E-state index in [1.54, 1.807) is 20.1 Å². The Kier molecular flexibility index (Phi) is 5.58. The molecule has 2 rings (SSSR count). The topological polar surface area (TPSA) is 57.1 Å². The zero-order valence-corrected chi connectivity index (χ0v) is 13.2. The van der Waals surface area contributed by atoms with Crippen LogP contribution in [0.3, 0.4) is 0 Å².